The summed E-state index contributed by atoms with van der Waals surface area (Å²) in [5.41, 5.74) is 1.43. The van der Waals surface area contributed by atoms with E-state index in [9.17, 15) is 23.1 Å². The molecule has 2 fully saturated rings. The summed E-state index contributed by atoms with van der Waals surface area (Å²) in [6.45, 7) is 0.0384. The Morgan fingerprint density at radius 3 is 2.41 bits per heavy atom. The van der Waals surface area contributed by atoms with Crippen molar-refractivity contribution in [2.24, 2.45) is 0 Å². The molecular weight excluding hydrogens is 583 g/mol. The SMILES string of the molecule is COC(=O)[C@@H](OCc1ccccc1)[C@@H]1OC2COC(c3ccccc3)O[C@@H]2C(n2cc(-c3cc(F)c(F)c(F)c3)nn2)C1O. The lowest BCUT2D eigenvalue weighted by molar-refractivity contribution is -0.325. The Morgan fingerprint density at radius 2 is 1.73 bits per heavy atom. The van der Waals surface area contributed by atoms with Gasteiger partial charge in [-0.3, -0.25) is 0 Å². The van der Waals surface area contributed by atoms with Gasteiger partial charge in [-0.15, -0.1) is 5.10 Å². The van der Waals surface area contributed by atoms with Gasteiger partial charge in [0.05, 0.1) is 26.5 Å². The van der Waals surface area contributed by atoms with Crippen LogP contribution >= 0.6 is 0 Å². The van der Waals surface area contributed by atoms with E-state index >= 15 is 0 Å². The number of nitrogens with zero attached hydrogens (tertiary/aromatic N) is 3. The normalized spacial score (nSPS) is 25.7. The van der Waals surface area contributed by atoms with Crippen molar-refractivity contribution in [3.63, 3.8) is 0 Å². The summed E-state index contributed by atoms with van der Waals surface area (Å²) in [4.78, 5) is 13.0. The largest absolute Gasteiger partial charge is 0.467 e. The first-order valence-electron chi connectivity index (χ1n) is 13.8. The second-order valence-corrected chi connectivity index (χ2v) is 10.4. The second kappa shape index (κ2) is 12.8. The lowest BCUT2D eigenvalue weighted by Crippen LogP contribution is -2.63. The van der Waals surface area contributed by atoms with Gasteiger partial charge in [-0.25, -0.2) is 22.6 Å². The van der Waals surface area contributed by atoms with Crippen molar-refractivity contribution < 1.29 is 46.8 Å². The van der Waals surface area contributed by atoms with Crippen molar-refractivity contribution in [3.05, 3.63) is 108 Å². The monoisotopic (exact) mass is 611 g/mol. The number of halogens is 3. The predicted molar refractivity (Wildman–Crippen MR) is 146 cm³/mol. The summed E-state index contributed by atoms with van der Waals surface area (Å²) in [6.07, 6.45) is -5.30. The van der Waals surface area contributed by atoms with E-state index in [1.54, 1.807) is 0 Å². The molecule has 3 aromatic carbocycles. The van der Waals surface area contributed by atoms with Crippen LogP contribution in [0.15, 0.2) is 79.0 Å². The van der Waals surface area contributed by atoms with Gasteiger partial charge in [0.1, 0.15) is 36.2 Å². The average Bonchev–Trinajstić information content (AvgIpc) is 3.54. The quantitative estimate of drug-likeness (QED) is 0.234. The molecule has 0 aliphatic carbocycles. The number of rotatable bonds is 8. The third-order valence-corrected chi connectivity index (χ3v) is 7.59. The Morgan fingerprint density at radius 1 is 1.05 bits per heavy atom. The summed E-state index contributed by atoms with van der Waals surface area (Å²) in [7, 11) is 1.19. The van der Waals surface area contributed by atoms with Crippen LogP contribution in [-0.4, -0.2) is 70.3 Å². The van der Waals surface area contributed by atoms with E-state index in [1.807, 2.05) is 60.7 Å². The number of carbonyl (C=O) groups excluding carboxylic acids is 1. The fraction of sp³-hybridized carbons (Fsp3) is 0.323. The highest BCUT2D eigenvalue weighted by Gasteiger charge is 2.54. The number of hydrogen-bond acceptors (Lipinski definition) is 9. The molecule has 2 aliphatic heterocycles. The van der Waals surface area contributed by atoms with Crippen molar-refractivity contribution in [2.45, 2.75) is 49.5 Å². The molecule has 4 unspecified atom stereocenters. The minimum atomic E-state index is -1.61. The molecule has 0 saturated carbocycles. The number of esters is 1. The molecule has 13 heteroatoms. The van der Waals surface area contributed by atoms with Crippen LogP contribution in [0.1, 0.15) is 23.5 Å². The third-order valence-electron chi connectivity index (χ3n) is 7.59. The van der Waals surface area contributed by atoms with Crippen LogP contribution in [0.5, 0.6) is 0 Å². The number of hydrogen-bond donors (Lipinski definition) is 1. The lowest BCUT2D eigenvalue weighted by Gasteiger charge is -2.49. The summed E-state index contributed by atoms with van der Waals surface area (Å²) in [6, 6.07) is 18.8. The fourth-order valence-electron chi connectivity index (χ4n) is 5.41. The zero-order valence-electron chi connectivity index (χ0n) is 23.3. The van der Waals surface area contributed by atoms with E-state index < -0.39 is 66.3 Å². The van der Waals surface area contributed by atoms with Crippen molar-refractivity contribution in [2.75, 3.05) is 13.7 Å². The minimum Gasteiger partial charge on any atom is -0.467 e. The van der Waals surface area contributed by atoms with Crippen molar-refractivity contribution in [1.29, 1.82) is 0 Å². The molecule has 4 aromatic rings. The predicted octanol–water partition coefficient (Wildman–Crippen LogP) is 3.90. The van der Waals surface area contributed by atoms with E-state index in [-0.39, 0.29) is 24.5 Å². The van der Waals surface area contributed by atoms with Gasteiger partial charge in [0.2, 0.25) is 0 Å². The Kier molecular flexibility index (Phi) is 8.73. The Hall–Kier alpha value is -4.14. The Labute approximate surface area is 249 Å². The maximum absolute atomic E-state index is 14.0. The summed E-state index contributed by atoms with van der Waals surface area (Å²) >= 11 is 0. The lowest BCUT2D eigenvalue weighted by atomic mass is 9.89. The van der Waals surface area contributed by atoms with Crippen LogP contribution in [0.4, 0.5) is 13.2 Å². The third kappa shape index (κ3) is 5.97. The molecule has 2 aliphatic rings. The summed E-state index contributed by atoms with van der Waals surface area (Å²) in [5, 5.41) is 19.9. The number of aromatic nitrogens is 3. The topological polar surface area (TPSA) is 114 Å². The van der Waals surface area contributed by atoms with Crippen molar-refractivity contribution in [1.82, 2.24) is 15.0 Å². The average molecular weight is 612 g/mol. The number of aliphatic hydroxyl groups is 1. The zero-order chi connectivity index (χ0) is 30.8. The van der Waals surface area contributed by atoms with Crippen LogP contribution < -0.4 is 0 Å². The van der Waals surface area contributed by atoms with Gasteiger partial charge in [0, 0.05) is 11.1 Å². The van der Waals surface area contributed by atoms with Crippen LogP contribution in [0.2, 0.25) is 0 Å². The minimum absolute atomic E-state index is 0.00565. The van der Waals surface area contributed by atoms with Gasteiger partial charge in [0.15, 0.2) is 29.8 Å². The van der Waals surface area contributed by atoms with E-state index in [0.717, 1.165) is 23.3 Å². The molecule has 0 radical (unpaired) electrons. The molecule has 10 nitrogen and oxygen atoms in total. The van der Waals surface area contributed by atoms with Gasteiger partial charge in [-0.1, -0.05) is 65.9 Å². The molecule has 44 heavy (non-hydrogen) atoms. The van der Waals surface area contributed by atoms with Crippen LogP contribution in [0.25, 0.3) is 11.3 Å². The second-order valence-electron chi connectivity index (χ2n) is 10.4. The first kappa shape index (κ1) is 29.9. The summed E-state index contributed by atoms with van der Waals surface area (Å²) in [5.74, 6) is -5.18. The first-order valence-corrected chi connectivity index (χ1v) is 13.8. The van der Waals surface area contributed by atoms with E-state index in [0.29, 0.717) is 0 Å². The molecular formula is C31H28F3N3O7. The van der Waals surface area contributed by atoms with E-state index in [2.05, 4.69) is 10.3 Å². The Balaban J connectivity index is 1.35. The molecule has 0 spiro atoms. The smallest absolute Gasteiger partial charge is 0.337 e. The van der Waals surface area contributed by atoms with Crippen LogP contribution in [0.3, 0.4) is 0 Å². The Bertz CT molecular complexity index is 1570. The number of carbonyl (C=O) groups is 1. The van der Waals surface area contributed by atoms with Gasteiger partial charge in [0.25, 0.3) is 0 Å². The number of fused-ring (bicyclic) bond motifs is 1. The van der Waals surface area contributed by atoms with Gasteiger partial charge < -0.3 is 28.8 Å². The molecule has 3 heterocycles. The van der Waals surface area contributed by atoms with Crippen molar-refractivity contribution in [3.8, 4) is 11.3 Å². The van der Waals surface area contributed by atoms with Crippen LogP contribution in [0, 0.1) is 17.5 Å². The molecule has 230 valence electrons. The summed E-state index contributed by atoms with van der Waals surface area (Å²) < 4.78 is 72.3. The number of benzene rings is 3. The molecule has 1 aromatic heterocycles. The molecule has 0 bridgehead atoms. The maximum atomic E-state index is 14.0. The number of aliphatic hydroxyl groups excluding tert-OH is 1. The van der Waals surface area contributed by atoms with E-state index in [4.69, 9.17) is 23.7 Å². The fourth-order valence-corrected chi connectivity index (χ4v) is 5.41. The van der Waals surface area contributed by atoms with Gasteiger partial charge in [-0.2, -0.15) is 0 Å². The molecule has 2 saturated heterocycles. The number of methoxy groups -OCH3 is 1. The van der Waals surface area contributed by atoms with Gasteiger partial charge >= 0.3 is 5.97 Å². The first-order chi connectivity index (χ1) is 21.3. The highest BCUT2D eigenvalue weighted by Crippen LogP contribution is 2.41. The molecule has 6 rings (SSSR count). The van der Waals surface area contributed by atoms with Gasteiger partial charge in [-0.05, 0) is 17.7 Å². The highest BCUT2D eigenvalue weighted by molar-refractivity contribution is 5.75. The maximum Gasteiger partial charge on any atom is 0.337 e. The molecule has 1 N–H and O–H groups in total. The van der Waals surface area contributed by atoms with Crippen molar-refractivity contribution >= 4 is 5.97 Å². The molecule has 0 amide bonds. The highest BCUT2D eigenvalue weighted by atomic mass is 19.2. The zero-order valence-corrected chi connectivity index (χ0v) is 23.3. The van der Waals surface area contributed by atoms with E-state index in [1.165, 1.54) is 18.0 Å². The van der Waals surface area contributed by atoms with Crippen LogP contribution in [-0.2, 0) is 35.1 Å². The number of ether oxygens (including phenoxy) is 5. The molecule has 7 atom stereocenters. The standard InChI is InChI=1S/C31H28F3N3O7/c1-40-30(39)29(41-15-17-8-4-2-5-9-17)28-26(38)25(27-23(43-28)16-42-31(44-27)18-10-6-3-7-11-18)37-14-22(35-36-37)19-12-20(32)24(34)21(33)13-19/h2-14,23,25-29,31,38H,15-16H2,1H3/t23?,25?,26?,27-,28+,29-,31?/m0/s1.